The second-order valence-corrected chi connectivity index (χ2v) is 5.82. The fourth-order valence-corrected chi connectivity index (χ4v) is 2.84. The van der Waals surface area contributed by atoms with Crippen LogP contribution >= 0.6 is 0 Å². The Balaban J connectivity index is 1.94. The minimum atomic E-state index is -0.706. The molecule has 1 fully saturated rings. The molecule has 2 rings (SSSR count). The number of methoxy groups -OCH3 is 1. The molecule has 1 amide bonds. The third-order valence-corrected chi connectivity index (χ3v) is 4.14. The second kappa shape index (κ2) is 7.14. The molecule has 122 valence electrons. The zero-order chi connectivity index (χ0) is 16.9. The number of hydrogen-bond acceptors (Lipinski definition) is 5. The summed E-state index contributed by atoms with van der Waals surface area (Å²) in [5, 5.41) is 15.1. The molecule has 0 aliphatic heterocycles. The van der Waals surface area contributed by atoms with E-state index >= 15 is 0 Å². The summed E-state index contributed by atoms with van der Waals surface area (Å²) in [5.41, 5.74) is 1.37. The first-order valence-electron chi connectivity index (χ1n) is 7.65. The van der Waals surface area contributed by atoms with Crippen LogP contribution in [0.25, 0.3) is 0 Å². The van der Waals surface area contributed by atoms with Gasteiger partial charge in [-0.15, -0.1) is 0 Å². The maximum absolute atomic E-state index is 12.1. The Hall–Kier alpha value is -2.55. The number of ether oxygens (including phenoxy) is 1. The Morgan fingerprint density at radius 3 is 2.61 bits per heavy atom. The topological polar surface area (TPSA) is 91.2 Å². The monoisotopic (exact) mass is 315 g/mol. The fourth-order valence-electron chi connectivity index (χ4n) is 2.84. The van der Waals surface area contributed by atoms with Gasteiger partial charge in [0.05, 0.1) is 25.3 Å². The van der Waals surface area contributed by atoms with Crippen molar-refractivity contribution in [2.24, 2.45) is 0 Å². The third kappa shape index (κ3) is 4.01. The van der Waals surface area contributed by atoms with Crippen molar-refractivity contribution in [3.63, 3.8) is 0 Å². The van der Waals surface area contributed by atoms with E-state index in [1.807, 2.05) is 6.92 Å². The van der Waals surface area contributed by atoms with Crippen molar-refractivity contribution in [1.29, 1.82) is 5.26 Å². The van der Waals surface area contributed by atoms with Crippen molar-refractivity contribution in [1.82, 2.24) is 5.32 Å². The van der Waals surface area contributed by atoms with Crippen molar-refractivity contribution in [2.75, 3.05) is 19.0 Å². The van der Waals surface area contributed by atoms with E-state index in [2.05, 4.69) is 21.4 Å². The molecule has 1 aliphatic rings. The summed E-state index contributed by atoms with van der Waals surface area (Å²) >= 11 is 0. The summed E-state index contributed by atoms with van der Waals surface area (Å²) < 4.78 is 4.67. The first-order valence-corrected chi connectivity index (χ1v) is 7.65. The highest BCUT2D eigenvalue weighted by atomic mass is 16.5. The molecule has 0 radical (unpaired) electrons. The average Bonchev–Trinajstić information content (AvgIpc) is 3.01. The van der Waals surface area contributed by atoms with E-state index in [4.69, 9.17) is 0 Å². The first kappa shape index (κ1) is 16.8. The summed E-state index contributed by atoms with van der Waals surface area (Å²) in [6, 6.07) is 7.33. The quantitative estimate of drug-likeness (QED) is 0.812. The minimum Gasteiger partial charge on any atom is -0.465 e. The highest BCUT2D eigenvalue weighted by Gasteiger charge is 2.35. The van der Waals surface area contributed by atoms with Crippen LogP contribution in [0.5, 0.6) is 0 Å². The molecular weight excluding hydrogens is 294 g/mol. The van der Waals surface area contributed by atoms with Gasteiger partial charge < -0.3 is 15.4 Å². The molecule has 0 heterocycles. The van der Waals surface area contributed by atoms with E-state index in [-0.39, 0.29) is 12.5 Å². The molecular formula is C17H21N3O3. The van der Waals surface area contributed by atoms with Crippen molar-refractivity contribution >= 4 is 17.6 Å². The Morgan fingerprint density at radius 2 is 2.04 bits per heavy atom. The van der Waals surface area contributed by atoms with E-state index in [1.54, 1.807) is 18.2 Å². The van der Waals surface area contributed by atoms with Crippen LogP contribution in [0.3, 0.4) is 0 Å². The highest BCUT2D eigenvalue weighted by Crippen LogP contribution is 2.28. The number of benzene rings is 1. The normalized spacial score (nSPS) is 15.5. The Labute approximate surface area is 135 Å². The molecule has 0 unspecified atom stereocenters. The third-order valence-electron chi connectivity index (χ3n) is 4.14. The van der Waals surface area contributed by atoms with Gasteiger partial charge in [0, 0.05) is 5.69 Å². The molecule has 0 spiro atoms. The summed E-state index contributed by atoms with van der Waals surface area (Å²) in [4.78, 5) is 23.5. The number of amides is 1. The van der Waals surface area contributed by atoms with Crippen LogP contribution in [-0.2, 0) is 9.53 Å². The van der Waals surface area contributed by atoms with Crippen molar-refractivity contribution in [2.45, 2.75) is 38.1 Å². The smallest absolute Gasteiger partial charge is 0.337 e. The zero-order valence-corrected chi connectivity index (χ0v) is 13.4. The molecule has 0 saturated heterocycles. The van der Waals surface area contributed by atoms with Gasteiger partial charge in [-0.2, -0.15) is 5.26 Å². The predicted octanol–water partition coefficient (Wildman–Crippen LogP) is 2.15. The van der Waals surface area contributed by atoms with E-state index in [0.29, 0.717) is 18.4 Å². The zero-order valence-electron chi connectivity index (χ0n) is 13.4. The molecule has 6 nitrogen and oxygen atoms in total. The summed E-state index contributed by atoms with van der Waals surface area (Å²) in [7, 11) is 1.34. The molecule has 1 aromatic rings. The van der Waals surface area contributed by atoms with Gasteiger partial charge in [-0.3, -0.25) is 4.79 Å². The lowest BCUT2D eigenvalue weighted by atomic mass is 10.00. The number of esters is 1. The number of nitrogens with zero attached hydrogens (tertiary/aromatic N) is 1. The second-order valence-electron chi connectivity index (χ2n) is 5.82. The summed E-state index contributed by atoms with van der Waals surface area (Å²) in [6.45, 7) is 1.93. The van der Waals surface area contributed by atoms with Gasteiger partial charge in [0.1, 0.15) is 5.54 Å². The Bertz CT molecular complexity index is 643. The van der Waals surface area contributed by atoms with Gasteiger partial charge in [0.15, 0.2) is 0 Å². The van der Waals surface area contributed by atoms with Crippen LogP contribution in [0.2, 0.25) is 0 Å². The molecule has 0 atom stereocenters. The number of nitriles is 1. The van der Waals surface area contributed by atoms with Crippen LogP contribution in [0.1, 0.15) is 41.6 Å². The average molecular weight is 315 g/mol. The van der Waals surface area contributed by atoms with Crippen LogP contribution in [0, 0.1) is 18.3 Å². The lowest BCUT2D eigenvalue weighted by Gasteiger charge is -2.22. The summed E-state index contributed by atoms with van der Waals surface area (Å²) in [6.07, 6.45) is 3.36. The molecule has 1 aromatic carbocycles. The number of carbonyl (C=O) groups is 2. The number of aryl methyl sites for hydroxylation is 1. The van der Waals surface area contributed by atoms with Crippen molar-refractivity contribution < 1.29 is 14.3 Å². The molecule has 1 aliphatic carbocycles. The van der Waals surface area contributed by atoms with Gasteiger partial charge in [0.25, 0.3) is 0 Å². The number of nitrogens with one attached hydrogen (secondary N) is 2. The molecule has 23 heavy (non-hydrogen) atoms. The number of carbonyl (C=O) groups excluding carboxylic acids is 2. The number of anilines is 1. The van der Waals surface area contributed by atoms with E-state index in [9.17, 15) is 14.9 Å². The largest absolute Gasteiger partial charge is 0.465 e. The van der Waals surface area contributed by atoms with Gasteiger partial charge in [-0.05, 0) is 56.4 Å². The minimum absolute atomic E-state index is 0.0852. The van der Waals surface area contributed by atoms with Gasteiger partial charge in [-0.25, -0.2) is 4.79 Å². The van der Waals surface area contributed by atoms with Crippen LogP contribution < -0.4 is 10.6 Å². The maximum atomic E-state index is 12.1. The van der Waals surface area contributed by atoms with Crippen molar-refractivity contribution in [3.05, 3.63) is 29.3 Å². The highest BCUT2D eigenvalue weighted by molar-refractivity contribution is 5.90. The standard InChI is InChI=1S/C17H21N3O3/c1-12-9-13(16(22)23-2)5-6-14(12)19-10-15(21)20-17(11-18)7-3-4-8-17/h5-6,9,19H,3-4,7-8,10H2,1-2H3,(H,20,21). The number of rotatable bonds is 5. The van der Waals surface area contributed by atoms with E-state index in [0.717, 1.165) is 24.1 Å². The Kier molecular flexibility index (Phi) is 5.22. The van der Waals surface area contributed by atoms with E-state index in [1.165, 1.54) is 7.11 Å². The molecule has 6 heteroatoms. The van der Waals surface area contributed by atoms with Gasteiger partial charge in [0.2, 0.25) is 5.91 Å². The molecule has 2 N–H and O–H groups in total. The molecule has 1 saturated carbocycles. The SMILES string of the molecule is COC(=O)c1ccc(NCC(=O)NC2(C#N)CCCC2)c(C)c1. The molecule has 0 aromatic heterocycles. The summed E-state index contributed by atoms with van der Waals surface area (Å²) in [5.74, 6) is -0.598. The first-order chi connectivity index (χ1) is 11.0. The predicted molar refractivity (Wildman–Crippen MR) is 86.0 cm³/mol. The van der Waals surface area contributed by atoms with Gasteiger partial charge >= 0.3 is 5.97 Å². The van der Waals surface area contributed by atoms with E-state index < -0.39 is 11.5 Å². The van der Waals surface area contributed by atoms with Gasteiger partial charge in [-0.1, -0.05) is 0 Å². The van der Waals surface area contributed by atoms with Crippen LogP contribution in [0.15, 0.2) is 18.2 Å². The lowest BCUT2D eigenvalue weighted by molar-refractivity contribution is -0.120. The van der Waals surface area contributed by atoms with Crippen molar-refractivity contribution in [3.8, 4) is 6.07 Å². The lowest BCUT2D eigenvalue weighted by Crippen LogP contribution is -2.47. The van der Waals surface area contributed by atoms with Crippen LogP contribution in [-0.4, -0.2) is 31.1 Å². The Morgan fingerprint density at radius 1 is 1.35 bits per heavy atom. The molecule has 0 bridgehead atoms. The number of hydrogen-bond donors (Lipinski definition) is 2. The van der Waals surface area contributed by atoms with Crippen LogP contribution in [0.4, 0.5) is 5.69 Å². The fraction of sp³-hybridized carbons (Fsp3) is 0.471. The maximum Gasteiger partial charge on any atom is 0.337 e.